The molecule has 0 spiro atoms. The first-order valence-electron chi connectivity index (χ1n) is 9.89. The van der Waals surface area contributed by atoms with Crippen molar-refractivity contribution in [1.29, 1.82) is 0 Å². The Morgan fingerprint density at radius 1 is 1.06 bits per heavy atom. The second-order valence-electron chi connectivity index (χ2n) is 7.15. The minimum atomic E-state index is -1.04. The lowest BCUT2D eigenvalue weighted by Crippen LogP contribution is -2.20. The zero-order chi connectivity index (χ0) is 24.0. The number of carboxylic acids is 1. The first-order chi connectivity index (χ1) is 15.8. The Labute approximate surface area is 204 Å². The van der Waals surface area contributed by atoms with Gasteiger partial charge in [-0.25, -0.2) is 4.79 Å². The van der Waals surface area contributed by atoms with Crippen LogP contribution in [0.1, 0.15) is 21.5 Å². The maximum absolute atomic E-state index is 12.2. The van der Waals surface area contributed by atoms with Gasteiger partial charge < -0.3 is 25.2 Å². The molecule has 3 aromatic rings. The van der Waals surface area contributed by atoms with Gasteiger partial charge in [0.05, 0.1) is 23.4 Å². The number of hydrogen-bond acceptors (Lipinski definition) is 5. The van der Waals surface area contributed by atoms with Crippen LogP contribution in [0, 0.1) is 6.92 Å². The van der Waals surface area contributed by atoms with Gasteiger partial charge >= 0.3 is 5.97 Å². The number of rotatable bonds is 9. The van der Waals surface area contributed by atoms with Crippen LogP contribution in [0.2, 0.25) is 5.02 Å². The molecular weight excluding hydrogens is 512 g/mol. The van der Waals surface area contributed by atoms with Gasteiger partial charge in [0.2, 0.25) is 0 Å². The highest BCUT2D eigenvalue weighted by Crippen LogP contribution is 2.34. The number of aryl methyl sites for hydroxylation is 1. The van der Waals surface area contributed by atoms with E-state index >= 15 is 0 Å². The number of anilines is 2. The smallest absolute Gasteiger partial charge is 0.335 e. The summed E-state index contributed by atoms with van der Waals surface area (Å²) in [4.78, 5) is 23.4. The number of amides is 1. The van der Waals surface area contributed by atoms with E-state index in [0.717, 1.165) is 15.6 Å². The van der Waals surface area contributed by atoms with Crippen LogP contribution >= 0.6 is 27.5 Å². The highest BCUT2D eigenvalue weighted by atomic mass is 79.9. The van der Waals surface area contributed by atoms with E-state index in [4.69, 9.17) is 21.1 Å². The van der Waals surface area contributed by atoms with Gasteiger partial charge in [-0.3, -0.25) is 4.79 Å². The van der Waals surface area contributed by atoms with Crippen LogP contribution in [0.15, 0.2) is 59.1 Å². The van der Waals surface area contributed by atoms with Crippen molar-refractivity contribution in [3.63, 3.8) is 0 Å². The largest absolute Gasteiger partial charge is 0.493 e. The molecule has 1 amide bonds. The summed E-state index contributed by atoms with van der Waals surface area (Å²) in [5.74, 6) is -0.484. The van der Waals surface area contributed by atoms with E-state index in [1.54, 1.807) is 12.1 Å². The number of aromatic carboxylic acids is 1. The lowest BCUT2D eigenvalue weighted by atomic mass is 10.1. The molecule has 0 atom stereocenters. The number of benzene rings is 3. The normalized spacial score (nSPS) is 10.4. The third kappa shape index (κ3) is 6.63. The van der Waals surface area contributed by atoms with Crippen molar-refractivity contribution in [2.45, 2.75) is 13.5 Å². The number of hydrogen-bond donors (Lipinski definition) is 3. The first kappa shape index (κ1) is 24.4. The van der Waals surface area contributed by atoms with Crippen molar-refractivity contribution in [3.8, 4) is 11.5 Å². The number of carboxylic acid groups (broad SMARTS) is 1. The van der Waals surface area contributed by atoms with Gasteiger partial charge in [-0.15, -0.1) is 0 Å². The highest BCUT2D eigenvalue weighted by molar-refractivity contribution is 9.10. The average Bonchev–Trinajstić information content (AvgIpc) is 2.79. The molecule has 9 heteroatoms. The summed E-state index contributed by atoms with van der Waals surface area (Å²) in [7, 11) is 1.51. The van der Waals surface area contributed by atoms with Crippen LogP contribution in [0.3, 0.4) is 0 Å². The molecule has 0 saturated heterocycles. The molecule has 0 aliphatic rings. The molecule has 0 radical (unpaired) electrons. The molecule has 0 aliphatic heterocycles. The molecule has 3 N–H and O–H groups in total. The lowest BCUT2D eigenvalue weighted by molar-refractivity contribution is -0.118. The fourth-order valence-electron chi connectivity index (χ4n) is 2.95. The summed E-state index contributed by atoms with van der Waals surface area (Å²) in [6.45, 7) is 2.12. The van der Waals surface area contributed by atoms with E-state index in [9.17, 15) is 14.7 Å². The first-order valence-corrected chi connectivity index (χ1v) is 11.1. The molecule has 33 heavy (non-hydrogen) atoms. The average molecular weight is 534 g/mol. The summed E-state index contributed by atoms with van der Waals surface area (Å²) >= 11 is 9.68. The number of nitrogens with one attached hydrogen (secondary N) is 2. The van der Waals surface area contributed by atoms with Gasteiger partial charge in [0.25, 0.3) is 5.91 Å². The molecule has 3 rings (SSSR count). The standard InChI is InChI=1S/C24H22BrClN2O5/c1-14-3-6-17(7-4-14)28-23(29)13-33-22-11-18(25)16(10-21(22)32-2)12-27-20-9-15(24(30)31)5-8-19(20)26/h3-11,27H,12-13H2,1-2H3,(H,28,29)(H,30,31). The summed E-state index contributed by atoms with van der Waals surface area (Å²) in [5.41, 5.74) is 3.24. The van der Waals surface area contributed by atoms with Crippen LogP contribution in [0.4, 0.5) is 11.4 Å². The molecule has 0 aliphatic carbocycles. The minimum Gasteiger partial charge on any atom is -0.493 e. The topological polar surface area (TPSA) is 96.9 Å². The minimum absolute atomic E-state index is 0.131. The highest BCUT2D eigenvalue weighted by Gasteiger charge is 2.14. The fourth-order valence-corrected chi connectivity index (χ4v) is 3.59. The van der Waals surface area contributed by atoms with E-state index in [-0.39, 0.29) is 18.1 Å². The third-order valence-electron chi connectivity index (χ3n) is 4.71. The SMILES string of the molecule is COc1cc(CNc2cc(C(=O)O)ccc2Cl)c(Br)cc1OCC(=O)Nc1ccc(C)cc1. The molecule has 0 heterocycles. The number of ether oxygens (including phenoxy) is 2. The van der Waals surface area contributed by atoms with Crippen molar-refractivity contribution in [1.82, 2.24) is 0 Å². The molecule has 3 aromatic carbocycles. The van der Waals surface area contributed by atoms with Crippen molar-refractivity contribution in [2.24, 2.45) is 0 Å². The van der Waals surface area contributed by atoms with Crippen molar-refractivity contribution >= 4 is 50.8 Å². The van der Waals surface area contributed by atoms with Gasteiger partial charge in [-0.2, -0.15) is 0 Å². The predicted octanol–water partition coefficient (Wildman–Crippen LogP) is 5.75. The van der Waals surface area contributed by atoms with E-state index in [1.165, 1.54) is 25.3 Å². The molecule has 0 aromatic heterocycles. The van der Waals surface area contributed by atoms with Gasteiger partial charge in [0.15, 0.2) is 18.1 Å². The maximum Gasteiger partial charge on any atom is 0.335 e. The van der Waals surface area contributed by atoms with Gasteiger partial charge in [0.1, 0.15) is 0 Å². The number of halogens is 2. The van der Waals surface area contributed by atoms with Crippen molar-refractivity contribution < 1.29 is 24.2 Å². The number of carbonyl (C=O) groups excluding carboxylic acids is 1. The molecule has 0 bridgehead atoms. The Morgan fingerprint density at radius 2 is 1.79 bits per heavy atom. The van der Waals surface area contributed by atoms with E-state index in [1.807, 2.05) is 31.2 Å². The number of methoxy groups -OCH3 is 1. The quantitative estimate of drug-likeness (QED) is 0.324. The Hall–Kier alpha value is -3.23. The van der Waals surface area contributed by atoms with Gasteiger partial charge in [-0.1, -0.05) is 45.2 Å². The molecule has 0 fully saturated rings. The molecule has 172 valence electrons. The van der Waals surface area contributed by atoms with Crippen molar-refractivity contribution in [2.75, 3.05) is 24.4 Å². The third-order valence-corrected chi connectivity index (χ3v) is 5.78. The maximum atomic E-state index is 12.2. The molecule has 0 saturated carbocycles. The Kier molecular flexibility index (Phi) is 8.19. The van der Waals surface area contributed by atoms with E-state index in [2.05, 4.69) is 26.6 Å². The Bertz CT molecular complexity index is 1170. The van der Waals surface area contributed by atoms with Crippen LogP contribution in [-0.4, -0.2) is 30.7 Å². The van der Waals surface area contributed by atoms with E-state index < -0.39 is 5.97 Å². The van der Waals surface area contributed by atoms with Crippen molar-refractivity contribution in [3.05, 3.63) is 80.8 Å². The summed E-state index contributed by atoms with van der Waals surface area (Å²) in [5, 5.41) is 15.5. The second kappa shape index (κ2) is 11.1. The predicted molar refractivity (Wildman–Crippen MR) is 132 cm³/mol. The Morgan fingerprint density at radius 3 is 2.45 bits per heavy atom. The summed E-state index contributed by atoms with van der Waals surface area (Å²) in [6.07, 6.45) is 0. The van der Waals surface area contributed by atoms with Crippen LogP contribution < -0.4 is 20.1 Å². The zero-order valence-corrected chi connectivity index (χ0v) is 20.3. The van der Waals surface area contributed by atoms with Gasteiger partial charge in [-0.05, 0) is 55.0 Å². The molecular formula is C24H22BrClN2O5. The molecule has 7 nitrogen and oxygen atoms in total. The fraction of sp³-hybridized carbons (Fsp3) is 0.167. The van der Waals surface area contributed by atoms with E-state index in [0.29, 0.717) is 34.4 Å². The second-order valence-corrected chi connectivity index (χ2v) is 8.41. The Balaban J connectivity index is 1.67. The monoisotopic (exact) mass is 532 g/mol. The zero-order valence-electron chi connectivity index (χ0n) is 17.9. The van der Waals surface area contributed by atoms with Crippen LogP contribution in [0.5, 0.6) is 11.5 Å². The lowest BCUT2D eigenvalue weighted by Gasteiger charge is -2.15. The molecule has 0 unspecified atom stereocenters. The van der Waals surface area contributed by atoms with Crippen LogP contribution in [0.25, 0.3) is 0 Å². The van der Waals surface area contributed by atoms with Gasteiger partial charge in [0, 0.05) is 16.7 Å². The summed E-state index contributed by atoms with van der Waals surface area (Å²) in [6, 6.07) is 15.4. The summed E-state index contributed by atoms with van der Waals surface area (Å²) < 4.78 is 11.8. The number of carbonyl (C=O) groups is 2. The van der Waals surface area contributed by atoms with Crippen LogP contribution in [-0.2, 0) is 11.3 Å².